The van der Waals surface area contributed by atoms with Crippen molar-refractivity contribution < 1.29 is 4.74 Å². The molecule has 0 saturated carbocycles. The fourth-order valence-electron chi connectivity index (χ4n) is 2.13. The lowest BCUT2D eigenvalue weighted by atomic mass is 9.91. The molecule has 2 heteroatoms. The minimum atomic E-state index is 0.205. The normalized spacial score (nSPS) is 26.5. The molecule has 0 N–H and O–H groups in total. The van der Waals surface area contributed by atoms with Crippen LogP contribution in [0.25, 0.3) is 0 Å². The first-order chi connectivity index (χ1) is 7.31. The van der Waals surface area contributed by atoms with Crippen LogP contribution >= 0.6 is 11.6 Å². The number of aryl methyl sites for hydroxylation is 1. The molecule has 0 aliphatic carbocycles. The SMILES string of the molecule is Cc1ccc(C2OCCCC2CCl)cc1. The molecular weight excluding hydrogens is 208 g/mol. The van der Waals surface area contributed by atoms with Crippen LogP contribution in [0.3, 0.4) is 0 Å². The third kappa shape index (κ3) is 2.53. The molecule has 82 valence electrons. The Morgan fingerprint density at radius 1 is 1.33 bits per heavy atom. The fourth-order valence-corrected chi connectivity index (χ4v) is 2.44. The van der Waals surface area contributed by atoms with Crippen molar-refractivity contribution in [1.29, 1.82) is 0 Å². The summed E-state index contributed by atoms with van der Waals surface area (Å²) in [7, 11) is 0. The maximum Gasteiger partial charge on any atom is 0.0864 e. The summed E-state index contributed by atoms with van der Waals surface area (Å²) in [6, 6.07) is 8.59. The molecule has 15 heavy (non-hydrogen) atoms. The van der Waals surface area contributed by atoms with Gasteiger partial charge in [-0.25, -0.2) is 0 Å². The van der Waals surface area contributed by atoms with Gasteiger partial charge in [0.25, 0.3) is 0 Å². The monoisotopic (exact) mass is 224 g/mol. The predicted octanol–water partition coefficient (Wildman–Crippen LogP) is 3.70. The maximum absolute atomic E-state index is 5.98. The topological polar surface area (TPSA) is 9.23 Å². The first kappa shape index (κ1) is 11.0. The molecule has 1 heterocycles. The smallest absolute Gasteiger partial charge is 0.0864 e. The molecule has 0 amide bonds. The summed E-state index contributed by atoms with van der Waals surface area (Å²) in [6.45, 7) is 2.97. The van der Waals surface area contributed by atoms with Crippen LogP contribution in [0.15, 0.2) is 24.3 Å². The Balaban J connectivity index is 2.16. The molecule has 2 atom stereocenters. The third-order valence-electron chi connectivity index (χ3n) is 3.05. The van der Waals surface area contributed by atoms with E-state index >= 15 is 0 Å². The maximum atomic E-state index is 5.98. The van der Waals surface area contributed by atoms with Gasteiger partial charge in [-0.2, -0.15) is 0 Å². The molecule has 0 radical (unpaired) electrons. The highest BCUT2D eigenvalue weighted by molar-refractivity contribution is 6.18. The van der Waals surface area contributed by atoms with Gasteiger partial charge in [-0.15, -0.1) is 11.6 Å². The van der Waals surface area contributed by atoms with E-state index in [-0.39, 0.29) is 6.10 Å². The first-order valence-electron chi connectivity index (χ1n) is 5.55. The summed E-state index contributed by atoms with van der Waals surface area (Å²) in [5, 5.41) is 0. The number of rotatable bonds is 2. The Kier molecular flexibility index (Phi) is 3.66. The van der Waals surface area contributed by atoms with Crippen LogP contribution in [0, 0.1) is 12.8 Å². The zero-order chi connectivity index (χ0) is 10.7. The number of hydrogen-bond acceptors (Lipinski definition) is 1. The van der Waals surface area contributed by atoms with Crippen LogP contribution in [-0.2, 0) is 4.74 Å². The largest absolute Gasteiger partial charge is 0.373 e. The van der Waals surface area contributed by atoms with E-state index < -0.39 is 0 Å². The Hall–Kier alpha value is -0.530. The standard InChI is InChI=1S/C13H17ClO/c1-10-4-6-11(7-5-10)13-12(9-14)3-2-8-15-13/h4-7,12-13H,2-3,8-9H2,1H3. The number of halogens is 1. The molecule has 0 spiro atoms. The van der Waals surface area contributed by atoms with E-state index in [9.17, 15) is 0 Å². The third-order valence-corrected chi connectivity index (χ3v) is 3.45. The summed E-state index contributed by atoms with van der Waals surface area (Å²) in [5.74, 6) is 1.17. The van der Waals surface area contributed by atoms with Gasteiger partial charge in [-0.05, 0) is 25.3 Å². The number of ether oxygens (including phenoxy) is 1. The van der Waals surface area contributed by atoms with Crippen molar-refractivity contribution in [3.63, 3.8) is 0 Å². The van der Waals surface area contributed by atoms with E-state index in [4.69, 9.17) is 16.3 Å². The summed E-state index contributed by atoms with van der Waals surface area (Å²) < 4.78 is 5.82. The van der Waals surface area contributed by atoms with Crippen LogP contribution in [-0.4, -0.2) is 12.5 Å². The lowest BCUT2D eigenvalue weighted by Crippen LogP contribution is -2.23. The van der Waals surface area contributed by atoms with Crippen molar-refractivity contribution in [3.05, 3.63) is 35.4 Å². The fraction of sp³-hybridized carbons (Fsp3) is 0.538. The lowest BCUT2D eigenvalue weighted by molar-refractivity contribution is -0.0208. The second kappa shape index (κ2) is 5.00. The van der Waals surface area contributed by atoms with Gasteiger partial charge in [-0.3, -0.25) is 0 Å². The van der Waals surface area contributed by atoms with Crippen LogP contribution in [0.2, 0.25) is 0 Å². The van der Waals surface area contributed by atoms with E-state index in [0.29, 0.717) is 11.8 Å². The molecule has 2 rings (SSSR count). The number of hydrogen-bond donors (Lipinski definition) is 0. The van der Waals surface area contributed by atoms with Crippen LogP contribution in [0.1, 0.15) is 30.1 Å². The van der Waals surface area contributed by atoms with Gasteiger partial charge in [0.1, 0.15) is 0 Å². The average molecular weight is 225 g/mol. The van der Waals surface area contributed by atoms with Crippen LogP contribution in [0.4, 0.5) is 0 Å². The molecule has 2 unspecified atom stereocenters. The molecule has 0 aromatic heterocycles. The van der Waals surface area contributed by atoms with Gasteiger partial charge in [0.05, 0.1) is 6.10 Å². The molecule has 1 aromatic carbocycles. The van der Waals surface area contributed by atoms with Crippen LogP contribution in [0.5, 0.6) is 0 Å². The van der Waals surface area contributed by atoms with E-state index in [1.54, 1.807) is 0 Å². The van der Waals surface area contributed by atoms with E-state index in [2.05, 4.69) is 31.2 Å². The zero-order valence-corrected chi connectivity index (χ0v) is 9.83. The second-order valence-corrected chi connectivity index (χ2v) is 4.57. The Labute approximate surface area is 96.4 Å². The Bertz CT molecular complexity index is 307. The van der Waals surface area contributed by atoms with Gasteiger partial charge in [-0.1, -0.05) is 29.8 Å². The van der Waals surface area contributed by atoms with E-state index in [1.807, 2.05) is 0 Å². The first-order valence-corrected chi connectivity index (χ1v) is 6.09. The molecule has 1 aliphatic rings. The molecular formula is C13H17ClO. The molecule has 1 aromatic rings. The second-order valence-electron chi connectivity index (χ2n) is 4.26. The highest BCUT2D eigenvalue weighted by Gasteiger charge is 2.26. The molecule has 1 saturated heterocycles. The summed E-state index contributed by atoms with van der Waals surface area (Å²) >= 11 is 5.98. The minimum Gasteiger partial charge on any atom is -0.373 e. The highest BCUT2D eigenvalue weighted by Crippen LogP contribution is 2.34. The number of benzene rings is 1. The van der Waals surface area contributed by atoms with Gasteiger partial charge >= 0.3 is 0 Å². The van der Waals surface area contributed by atoms with E-state index in [1.165, 1.54) is 17.5 Å². The lowest BCUT2D eigenvalue weighted by Gasteiger charge is -2.30. The van der Waals surface area contributed by atoms with Crippen molar-refractivity contribution in [2.24, 2.45) is 5.92 Å². The predicted molar refractivity (Wildman–Crippen MR) is 63.3 cm³/mol. The van der Waals surface area contributed by atoms with Gasteiger partial charge in [0.2, 0.25) is 0 Å². The molecule has 1 fully saturated rings. The minimum absolute atomic E-state index is 0.205. The van der Waals surface area contributed by atoms with E-state index in [0.717, 1.165) is 13.0 Å². The molecule has 1 aliphatic heterocycles. The van der Waals surface area contributed by atoms with Crippen molar-refractivity contribution in [1.82, 2.24) is 0 Å². The zero-order valence-electron chi connectivity index (χ0n) is 9.08. The molecule has 0 bridgehead atoms. The summed E-state index contributed by atoms with van der Waals surface area (Å²) in [4.78, 5) is 0. The van der Waals surface area contributed by atoms with Gasteiger partial charge < -0.3 is 4.74 Å². The average Bonchev–Trinajstić information content (AvgIpc) is 2.30. The van der Waals surface area contributed by atoms with Crippen molar-refractivity contribution in [2.75, 3.05) is 12.5 Å². The van der Waals surface area contributed by atoms with Gasteiger partial charge in [0.15, 0.2) is 0 Å². The van der Waals surface area contributed by atoms with Gasteiger partial charge in [0, 0.05) is 18.4 Å². The van der Waals surface area contributed by atoms with Crippen molar-refractivity contribution in [3.8, 4) is 0 Å². The quantitative estimate of drug-likeness (QED) is 0.696. The Morgan fingerprint density at radius 2 is 2.07 bits per heavy atom. The molecule has 1 nitrogen and oxygen atoms in total. The van der Waals surface area contributed by atoms with Crippen molar-refractivity contribution in [2.45, 2.75) is 25.9 Å². The van der Waals surface area contributed by atoms with Crippen LogP contribution < -0.4 is 0 Å². The highest BCUT2D eigenvalue weighted by atomic mass is 35.5. The van der Waals surface area contributed by atoms with Crippen molar-refractivity contribution >= 4 is 11.6 Å². The Morgan fingerprint density at radius 3 is 2.73 bits per heavy atom. The number of alkyl halides is 1. The summed E-state index contributed by atoms with van der Waals surface area (Å²) in [5.41, 5.74) is 2.56. The summed E-state index contributed by atoms with van der Waals surface area (Å²) in [6.07, 6.45) is 2.53.